The quantitative estimate of drug-likeness (QED) is 0.782. The first kappa shape index (κ1) is 15.2. The van der Waals surface area contributed by atoms with E-state index in [1.54, 1.807) is 0 Å². The smallest absolute Gasteiger partial charge is 0.372 e. The van der Waals surface area contributed by atoms with E-state index in [0.29, 0.717) is 6.61 Å². The maximum absolute atomic E-state index is 12.8. The second-order valence-electron chi connectivity index (χ2n) is 4.49. The van der Waals surface area contributed by atoms with Gasteiger partial charge in [-0.3, -0.25) is 4.79 Å². The predicted molar refractivity (Wildman–Crippen MR) is 59.9 cm³/mol. The molecule has 0 aromatic rings. The molecule has 0 radical (unpaired) electrons. The molecule has 0 saturated carbocycles. The summed E-state index contributed by atoms with van der Waals surface area (Å²) in [5, 5.41) is 0. The molecule has 1 aliphatic rings. The van der Waals surface area contributed by atoms with Gasteiger partial charge < -0.3 is 15.4 Å². The molecule has 0 aromatic carbocycles. The van der Waals surface area contributed by atoms with E-state index in [0.717, 1.165) is 11.3 Å². The number of alkyl halides is 3. The van der Waals surface area contributed by atoms with Crippen molar-refractivity contribution in [3.63, 3.8) is 0 Å². The molecule has 1 heterocycles. The van der Waals surface area contributed by atoms with E-state index in [1.165, 1.54) is 0 Å². The van der Waals surface area contributed by atoms with Crippen molar-refractivity contribution in [2.45, 2.75) is 44.4 Å². The van der Waals surface area contributed by atoms with E-state index in [4.69, 9.17) is 10.5 Å². The third-order valence-corrected chi connectivity index (χ3v) is 2.89. The van der Waals surface area contributed by atoms with Crippen LogP contribution in [-0.4, -0.2) is 48.8 Å². The first-order chi connectivity index (χ1) is 8.36. The molecule has 1 aliphatic heterocycles. The standard InChI is InChI=1S/C11H19F3N2O2/c1-2-5-18-7-10(17)16-6-8(15)3-4-9(16)11(12,13)14/h8-9H,2-7,15H2,1H3/t8-,9-/m0/s1. The number of carbonyl (C=O) groups is 1. The molecule has 1 rings (SSSR count). The van der Waals surface area contributed by atoms with Gasteiger partial charge in [-0.05, 0) is 19.3 Å². The summed E-state index contributed by atoms with van der Waals surface area (Å²) < 4.78 is 43.4. The molecule has 2 N–H and O–H groups in total. The number of piperidine rings is 1. The maximum atomic E-state index is 12.8. The number of carbonyl (C=O) groups excluding carboxylic acids is 1. The lowest BCUT2D eigenvalue weighted by Crippen LogP contribution is -2.57. The SMILES string of the molecule is CCCOCC(=O)N1C[C@@H](N)CC[C@H]1C(F)(F)F. The van der Waals surface area contributed by atoms with Gasteiger partial charge in [0.25, 0.3) is 0 Å². The summed E-state index contributed by atoms with van der Waals surface area (Å²) in [6.07, 6.45) is -3.54. The van der Waals surface area contributed by atoms with Gasteiger partial charge in [0.2, 0.25) is 5.91 Å². The fraction of sp³-hybridized carbons (Fsp3) is 0.909. The van der Waals surface area contributed by atoms with Gasteiger partial charge >= 0.3 is 6.18 Å². The van der Waals surface area contributed by atoms with E-state index < -0.39 is 24.2 Å². The zero-order chi connectivity index (χ0) is 13.8. The van der Waals surface area contributed by atoms with Crippen LogP contribution in [0.5, 0.6) is 0 Å². The fourth-order valence-corrected chi connectivity index (χ4v) is 2.00. The van der Waals surface area contributed by atoms with Crippen molar-refractivity contribution in [2.75, 3.05) is 19.8 Å². The van der Waals surface area contributed by atoms with Crippen molar-refractivity contribution >= 4 is 5.91 Å². The minimum atomic E-state index is -4.40. The Morgan fingerprint density at radius 1 is 1.44 bits per heavy atom. The molecule has 0 aliphatic carbocycles. The lowest BCUT2D eigenvalue weighted by atomic mass is 9.98. The number of nitrogens with two attached hydrogens (primary N) is 1. The predicted octanol–water partition coefficient (Wildman–Crippen LogP) is 1.29. The lowest BCUT2D eigenvalue weighted by molar-refractivity contribution is -0.198. The topological polar surface area (TPSA) is 55.6 Å². The molecule has 1 saturated heterocycles. The minimum absolute atomic E-state index is 0.0570. The van der Waals surface area contributed by atoms with Crippen molar-refractivity contribution in [1.29, 1.82) is 0 Å². The molecular formula is C11H19F3N2O2. The van der Waals surface area contributed by atoms with Gasteiger partial charge in [0.1, 0.15) is 12.6 Å². The summed E-state index contributed by atoms with van der Waals surface area (Å²) >= 11 is 0. The van der Waals surface area contributed by atoms with E-state index >= 15 is 0 Å². The third-order valence-electron chi connectivity index (χ3n) is 2.89. The average Bonchev–Trinajstić information content (AvgIpc) is 2.27. The number of amides is 1. The molecular weight excluding hydrogens is 249 g/mol. The fourth-order valence-electron chi connectivity index (χ4n) is 2.00. The van der Waals surface area contributed by atoms with Crippen molar-refractivity contribution in [3.05, 3.63) is 0 Å². The number of hydrogen-bond donors (Lipinski definition) is 1. The second kappa shape index (κ2) is 6.38. The molecule has 0 spiro atoms. The van der Waals surface area contributed by atoms with Crippen LogP contribution < -0.4 is 5.73 Å². The number of nitrogens with zero attached hydrogens (tertiary/aromatic N) is 1. The van der Waals surface area contributed by atoms with E-state index in [-0.39, 0.29) is 26.0 Å². The number of halogens is 3. The van der Waals surface area contributed by atoms with Crippen LogP contribution in [0.4, 0.5) is 13.2 Å². The summed E-state index contributed by atoms with van der Waals surface area (Å²) in [6, 6.07) is -2.12. The van der Waals surface area contributed by atoms with Gasteiger partial charge in [-0.15, -0.1) is 0 Å². The van der Waals surface area contributed by atoms with Crippen LogP contribution in [0.15, 0.2) is 0 Å². The Balaban J connectivity index is 2.64. The molecule has 1 fully saturated rings. The van der Waals surface area contributed by atoms with Gasteiger partial charge in [0.05, 0.1) is 0 Å². The van der Waals surface area contributed by atoms with Crippen LogP contribution in [0, 0.1) is 0 Å². The molecule has 106 valence electrons. The number of likely N-dealkylation sites (tertiary alicyclic amines) is 1. The average molecular weight is 268 g/mol. The Morgan fingerprint density at radius 3 is 2.67 bits per heavy atom. The lowest BCUT2D eigenvalue weighted by Gasteiger charge is -2.39. The van der Waals surface area contributed by atoms with E-state index in [2.05, 4.69) is 0 Å². The van der Waals surface area contributed by atoms with Crippen LogP contribution in [-0.2, 0) is 9.53 Å². The number of rotatable bonds is 4. The molecule has 0 bridgehead atoms. The second-order valence-corrected chi connectivity index (χ2v) is 4.49. The van der Waals surface area contributed by atoms with Crippen LogP contribution in [0.25, 0.3) is 0 Å². The monoisotopic (exact) mass is 268 g/mol. The van der Waals surface area contributed by atoms with Crippen molar-refractivity contribution in [1.82, 2.24) is 4.90 Å². The third kappa shape index (κ3) is 4.13. The molecule has 4 nitrogen and oxygen atoms in total. The van der Waals surface area contributed by atoms with Crippen LogP contribution in [0.3, 0.4) is 0 Å². The number of ether oxygens (including phenoxy) is 1. The highest BCUT2D eigenvalue weighted by Gasteiger charge is 2.47. The largest absolute Gasteiger partial charge is 0.408 e. The summed E-state index contributed by atoms with van der Waals surface area (Å²) in [5.41, 5.74) is 5.62. The highest BCUT2D eigenvalue weighted by Crippen LogP contribution is 2.31. The van der Waals surface area contributed by atoms with E-state index in [1.807, 2.05) is 6.92 Å². The highest BCUT2D eigenvalue weighted by molar-refractivity contribution is 5.78. The molecule has 7 heteroatoms. The normalized spacial score (nSPS) is 25.3. The van der Waals surface area contributed by atoms with Crippen LogP contribution >= 0.6 is 0 Å². The summed E-state index contributed by atoms with van der Waals surface area (Å²) in [4.78, 5) is 12.5. The molecule has 0 unspecified atom stereocenters. The van der Waals surface area contributed by atoms with Crippen LogP contribution in [0.1, 0.15) is 26.2 Å². The van der Waals surface area contributed by atoms with Crippen molar-refractivity contribution < 1.29 is 22.7 Å². The first-order valence-corrected chi connectivity index (χ1v) is 6.05. The Kier molecular flexibility index (Phi) is 5.40. The zero-order valence-corrected chi connectivity index (χ0v) is 10.4. The summed E-state index contributed by atoms with van der Waals surface area (Å²) in [6.45, 7) is 1.85. The Bertz CT molecular complexity index is 284. The molecule has 18 heavy (non-hydrogen) atoms. The highest BCUT2D eigenvalue weighted by atomic mass is 19.4. The molecule has 0 aromatic heterocycles. The molecule has 1 amide bonds. The first-order valence-electron chi connectivity index (χ1n) is 6.05. The Hall–Kier alpha value is -0.820. The minimum Gasteiger partial charge on any atom is -0.372 e. The summed E-state index contributed by atoms with van der Waals surface area (Å²) in [5.74, 6) is -0.638. The Labute approximate surface area is 104 Å². The maximum Gasteiger partial charge on any atom is 0.408 e. The van der Waals surface area contributed by atoms with Gasteiger partial charge in [-0.2, -0.15) is 13.2 Å². The van der Waals surface area contributed by atoms with Crippen molar-refractivity contribution in [3.8, 4) is 0 Å². The molecule has 2 atom stereocenters. The van der Waals surface area contributed by atoms with Gasteiger partial charge in [-0.1, -0.05) is 6.92 Å². The Morgan fingerprint density at radius 2 is 2.11 bits per heavy atom. The van der Waals surface area contributed by atoms with Gasteiger partial charge in [-0.25, -0.2) is 0 Å². The van der Waals surface area contributed by atoms with Crippen molar-refractivity contribution in [2.24, 2.45) is 5.73 Å². The van der Waals surface area contributed by atoms with Gasteiger partial charge in [0, 0.05) is 19.2 Å². The van der Waals surface area contributed by atoms with E-state index in [9.17, 15) is 18.0 Å². The number of hydrogen-bond acceptors (Lipinski definition) is 3. The summed E-state index contributed by atoms with van der Waals surface area (Å²) in [7, 11) is 0. The van der Waals surface area contributed by atoms with Gasteiger partial charge in [0.15, 0.2) is 0 Å². The van der Waals surface area contributed by atoms with Crippen LogP contribution in [0.2, 0.25) is 0 Å². The zero-order valence-electron chi connectivity index (χ0n) is 10.4.